The van der Waals surface area contributed by atoms with E-state index in [1.165, 1.54) is 6.42 Å². The van der Waals surface area contributed by atoms with E-state index in [1.54, 1.807) is 0 Å². The monoisotopic (exact) mass is 277 g/mol. The third-order valence-electron chi connectivity index (χ3n) is 3.66. The molecular formula is C16H23NO3. The van der Waals surface area contributed by atoms with E-state index in [2.05, 4.69) is 11.8 Å². The molecule has 1 atom stereocenters. The first-order valence-electron chi connectivity index (χ1n) is 7.42. The highest BCUT2D eigenvalue weighted by Crippen LogP contribution is 2.26. The molecule has 1 unspecified atom stereocenters. The second-order valence-corrected chi connectivity index (χ2v) is 5.25. The number of carbonyl (C=O) groups is 1. The van der Waals surface area contributed by atoms with Gasteiger partial charge in [0.25, 0.3) is 0 Å². The molecule has 110 valence electrons. The van der Waals surface area contributed by atoms with Gasteiger partial charge in [-0.25, -0.2) is 0 Å². The van der Waals surface area contributed by atoms with E-state index in [4.69, 9.17) is 4.74 Å². The minimum atomic E-state index is -0.769. The van der Waals surface area contributed by atoms with Crippen LogP contribution < -0.4 is 4.74 Å². The number of ether oxygens (including phenoxy) is 1. The molecular weight excluding hydrogens is 254 g/mol. The third-order valence-corrected chi connectivity index (χ3v) is 3.66. The molecule has 1 aliphatic rings. The Kier molecular flexibility index (Phi) is 5.41. The zero-order chi connectivity index (χ0) is 14.4. The number of hydrogen-bond donors (Lipinski definition) is 1. The Hall–Kier alpha value is -1.55. The molecule has 0 amide bonds. The van der Waals surface area contributed by atoms with Gasteiger partial charge in [-0.05, 0) is 50.0 Å². The summed E-state index contributed by atoms with van der Waals surface area (Å²) in [5.41, 5.74) is 0.836. The van der Waals surface area contributed by atoms with Gasteiger partial charge < -0.3 is 9.84 Å². The van der Waals surface area contributed by atoms with Gasteiger partial charge in [0.2, 0.25) is 0 Å². The number of benzene rings is 1. The molecule has 4 heteroatoms. The highest BCUT2D eigenvalue weighted by atomic mass is 16.5. The van der Waals surface area contributed by atoms with Crippen LogP contribution in [0.3, 0.4) is 0 Å². The van der Waals surface area contributed by atoms with E-state index in [-0.39, 0.29) is 0 Å². The molecule has 1 aromatic rings. The zero-order valence-electron chi connectivity index (χ0n) is 12.0. The Balaban J connectivity index is 2.10. The number of carboxylic acids is 1. The molecule has 1 aromatic carbocycles. The molecule has 1 aliphatic heterocycles. The average molecular weight is 277 g/mol. The first-order chi connectivity index (χ1) is 9.72. The van der Waals surface area contributed by atoms with Crippen molar-refractivity contribution < 1.29 is 14.6 Å². The Morgan fingerprint density at radius 1 is 1.25 bits per heavy atom. The average Bonchev–Trinajstić information content (AvgIpc) is 2.47. The highest BCUT2D eigenvalue weighted by molar-refractivity contribution is 5.75. The summed E-state index contributed by atoms with van der Waals surface area (Å²) < 4.78 is 5.53. The van der Waals surface area contributed by atoms with Crippen LogP contribution in [0.2, 0.25) is 0 Å². The number of hydrogen-bond acceptors (Lipinski definition) is 3. The summed E-state index contributed by atoms with van der Waals surface area (Å²) in [6.07, 6.45) is 4.34. The fourth-order valence-corrected chi connectivity index (χ4v) is 2.65. The van der Waals surface area contributed by atoms with Gasteiger partial charge in [-0.2, -0.15) is 0 Å². The summed E-state index contributed by atoms with van der Waals surface area (Å²) in [5, 5.41) is 9.52. The zero-order valence-corrected chi connectivity index (χ0v) is 12.0. The van der Waals surface area contributed by atoms with Gasteiger partial charge >= 0.3 is 5.97 Å². The van der Waals surface area contributed by atoms with Crippen molar-refractivity contribution in [1.82, 2.24) is 4.90 Å². The maximum atomic E-state index is 11.6. The fourth-order valence-electron chi connectivity index (χ4n) is 2.65. The van der Waals surface area contributed by atoms with Crippen LogP contribution in [-0.4, -0.2) is 35.7 Å². The van der Waals surface area contributed by atoms with Crippen LogP contribution in [0.1, 0.15) is 44.2 Å². The van der Waals surface area contributed by atoms with Crippen molar-refractivity contribution in [2.75, 3.05) is 19.7 Å². The lowest BCUT2D eigenvalue weighted by molar-refractivity contribution is -0.144. The molecule has 0 spiro atoms. The van der Waals surface area contributed by atoms with Gasteiger partial charge in [0.1, 0.15) is 11.8 Å². The topological polar surface area (TPSA) is 49.8 Å². The van der Waals surface area contributed by atoms with E-state index in [0.29, 0.717) is 6.61 Å². The van der Waals surface area contributed by atoms with E-state index in [0.717, 1.165) is 43.7 Å². The predicted octanol–water partition coefficient (Wildman–Crippen LogP) is 3.09. The van der Waals surface area contributed by atoms with Crippen LogP contribution in [0.25, 0.3) is 0 Å². The second-order valence-electron chi connectivity index (χ2n) is 5.25. The lowest BCUT2D eigenvalue weighted by Gasteiger charge is -2.32. The standard InChI is InChI=1S/C16H23NO3/c1-2-12-20-14-8-6-13(7-9-14)15(16(18)19)17-10-4-3-5-11-17/h6-9,15H,2-5,10-12H2,1H3,(H,18,19). The van der Waals surface area contributed by atoms with Crippen LogP contribution in [0, 0.1) is 0 Å². The van der Waals surface area contributed by atoms with Gasteiger partial charge in [0.15, 0.2) is 0 Å². The van der Waals surface area contributed by atoms with Gasteiger partial charge in [0.05, 0.1) is 6.61 Å². The molecule has 1 heterocycles. The van der Waals surface area contributed by atoms with Crippen LogP contribution >= 0.6 is 0 Å². The maximum absolute atomic E-state index is 11.6. The normalized spacial score (nSPS) is 17.6. The first kappa shape index (κ1) is 14.9. The number of rotatable bonds is 6. The van der Waals surface area contributed by atoms with Crippen LogP contribution in [0.15, 0.2) is 24.3 Å². The molecule has 0 bridgehead atoms. The van der Waals surface area contributed by atoms with Gasteiger partial charge in [0, 0.05) is 0 Å². The summed E-state index contributed by atoms with van der Waals surface area (Å²) in [6.45, 7) is 4.48. The number of likely N-dealkylation sites (tertiary alicyclic amines) is 1. The van der Waals surface area contributed by atoms with E-state index >= 15 is 0 Å². The van der Waals surface area contributed by atoms with Crippen LogP contribution in [0.5, 0.6) is 5.75 Å². The Labute approximate surface area is 120 Å². The SMILES string of the molecule is CCCOc1ccc(C(C(=O)O)N2CCCCC2)cc1. The molecule has 1 saturated heterocycles. The van der Waals surface area contributed by atoms with E-state index < -0.39 is 12.0 Å². The third kappa shape index (κ3) is 3.73. The lowest BCUT2D eigenvalue weighted by atomic mass is 10.0. The molecule has 2 rings (SSSR count). The smallest absolute Gasteiger partial charge is 0.325 e. The van der Waals surface area contributed by atoms with Crippen molar-refractivity contribution in [3.63, 3.8) is 0 Å². The molecule has 0 saturated carbocycles. The van der Waals surface area contributed by atoms with Crippen molar-refractivity contribution in [2.45, 2.75) is 38.6 Å². The number of piperidine rings is 1. The molecule has 1 fully saturated rings. The lowest BCUT2D eigenvalue weighted by Crippen LogP contribution is -2.37. The van der Waals surface area contributed by atoms with E-state index in [1.807, 2.05) is 24.3 Å². The van der Waals surface area contributed by atoms with Gasteiger partial charge in [-0.15, -0.1) is 0 Å². The predicted molar refractivity (Wildman–Crippen MR) is 78.0 cm³/mol. The number of nitrogens with zero attached hydrogens (tertiary/aromatic N) is 1. The Morgan fingerprint density at radius 2 is 1.90 bits per heavy atom. The largest absolute Gasteiger partial charge is 0.494 e. The maximum Gasteiger partial charge on any atom is 0.325 e. The molecule has 4 nitrogen and oxygen atoms in total. The summed E-state index contributed by atoms with van der Waals surface area (Å²) in [6, 6.07) is 6.95. The molecule has 20 heavy (non-hydrogen) atoms. The summed E-state index contributed by atoms with van der Waals surface area (Å²) in [4.78, 5) is 13.6. The highest BCUT2D eigenvalue weighted by Gasteiger charge is 2.28. The molecule has 1 N–H and O–H groups in total. The van der Waals surface area contributed by atoms with Crippen LogP contribution in [0.4, 0.5) is 0 Å². The van der Waals surface area contributed by atoms with Crippen molar-refractivity contribution in [1.29, 1.82) is 0 Å². The quantitative estimate of drug-likeness (QED) is 0.868. The summed E-state index contributed by atoms with van der Waals surface area (Å²) in [5.74, 6) is 0.0347. The second kappa shape index (κ2) is 7.29. The summed E-state index contributed by atoms with van der Waals surface area (Å²) in [7, 11) is 0. The fraction of sp³-hybridized carbons (Fsp3) is 0.562. The van der Waals surface area contributed by atoms with Gasteiger partial charge in [-0.3, -0.25) is 9.69 Å². The minimum absolute atomic E-state index is 0.532. The first-order valence-corrected chi connectivity index (χ1v) is 7.42. The van der Waals surface area contributed by atoms with Crippen LogP contribution in [-0.2, 0) is 4.79 Å². The number of aliphatic carboxylic acids is 1. The van der Waals surface area contributed by atoms with Crippen molar-refractivity contribution in [3.8, 4) is 5.75 Å². The van der Waals surface area contributed by atoms with E-state index in [9.17, 15) is 9.90 Å². The molecule has 0 aromatic heterocycles. The van der Waals surface area contributed by atoms with Crippen molar-refractivity contribution in [2.24, 2.45) is 0 Å². The van der Waals surface area contributed by atoms with Crippen molar-refractivity contribution >= 4 is 5.97 Å². The molecule has 0 radical (unpaired) electrons. The Bertz CT molecular complexity index is 424. The molecule has 0 aliphatic carbocycles. The van der Waals surface area contributed by atoms with Gasteiger partial charge in [-0.1, -0.05) is 25.5 Å². The van der Waals surface area contributed by atoms with Crippen molar-refractivity contribution in [3.05, 3.63) is 29.8 Å². The summed E-state index contributed by atoms with van der Waals surface area (Å²) >= 11 is 0. The number of carboxylic acid groups (broad SMARTS) is 1. The minimum Gasteiger partial charge on any atom is -0.494 e. The Morgan fingerprint density at radius 3 is 2.45 bits per heavy atom.